The smallest absolute Gasteiger partial charge is 0.302 e. The van der Waals surface area contributed by atoms with Crippen molar-refractivity contribution in [3.8, 4) is 11.6 Å². The molecule has 1 N–H and O–H groups in total. The van der Waals surface area contributed by atoms with Crippen LogP contribution < -0.4 is 4.74 Å². The number of para-hydroxylation sites is 1. The van der Waals surface area contributed by atoms with Crippen molar-refractivity contribution in [2.45, 2.75) is 13.8 Å². The zero-order valence-electron chi connectivity index (χ0n) is 14.7. The average molecular weight is 416 g/mol. The summed E-state index contributed by atoms with van der Waals surface area (Å²) in [5.74, 6) is -0.0163. The maximum Gasteiger partial charge on any atom is 0.302 e. The monoisotopic (exact) mass is 415 g/mol. The molecule has 2 aromatic carbocycles. The molecule has 0 spiro atoms. The van der Waals surface area contributed by atoms with Gasteiger partial charge in [-0.3, -0.25) is 4.79 Å². The summed E-state index contributed by atoms with van der Waals surface area (Å²) in [6, 6.07) is 11.2. The maximum absolute atomic E-state index is 12.0. The van der Waals surface area contributed by atoms with E-state index in [1.807, 2.05) is 44.2 Å². The van der Waals surface area contributed by atoms with E-state index in [2.05, 4.69) is 26.2 Å². The van der Waals surface area contributed by atoms with E-state index >= 15 is 0 Å². The van der Waals surface area contributed by atoms with Gasteiger partial charge in [-0.2, -0.15) is 0 Å². The molecule has 0 aliphatic rings. The SMILES string of the molecule is Cc1ccc(OCC(=O)N=Nc2c(O)n(C)c3c(C)cccc23)c(Br)c1. The largest absolute Gasteiger partial charge is 0.493 e. The summed E-state index contributed by atoms with van der Waals surface area (Å²) in [6.07, 6.45) is 0. The summed E-state index contributed by atoms with van der Waals surface area (Å²) in [6.45, 7) is 3.67. The Hall–Kier alpha value is -2.67. The van der Waals surface area contributed by atoms with Crippen LogP contribution in [0.15, 0.2) is 51.1 Å². The van der Waals surface area contributed by atoms with Crippen molar-refractivity contribution in [2.24, 2.45) is 17.3 Å². The fraction of sp³-hybridized carbons (Fsp3) is 0.211. The van der Waals surface area contributed by atoms with Crippen molar-refractivity contribution >= 4 is 38.4 Å². The van der Waals surface area contributed by atoms with Crippen LogP contribution in [-0.4, -0.2) is 22.2 Å². The topological polar surface area (TPSA) is 76.2 Å². The number of ether oxygens (including phenoxy) is 1. The second kappa shape index (κ2) is 7.29. The number of carbonyl (C=O) groups excluding carboxylic acids is 1. The Morgan fingerprint density at radius 2 is 2.04 bits per heavy atom. The summed E-state index contributed by atoms with van der Waals surface area (Å²) in [5.41, 5.74) is 3.21. The first-order valence-electron chi connectivity index (χ1n) is 7.99. The molecule has 0 bridgehead atoms. The molecule has 134 valence electrons. The molecule has 26 heavy (non-hydrogen) atoms. The summed E-state index contributed by atoms with van der Waals surface area (Å²) < 4.78 is 7.86. The fourth-order valence-corrected chi connectivity index (χ4v) is 3.38. The molecule has 0 saturated carbocycles. The van der Waals surface area contributed by atoms with Gasteiger partial charge in [-0.25, -0.2) is 0 Å². The van der Waals surface area contributed by atoms with Gasteiger partial charge in [0.15, 0.2) is 12.3 Å². The van der Waals surface area contributed by atoms with Gasteiger partial charge in [-0.1, -0.05) is 24.3 Å². The molecule has 0 radical (unpaired) electrons. The molecular formula is C19H18BrN3O3. The Labute approximate surface area is 159 Å². The Bertz CT molecular complexity index is 1020. The lowest BCUT2D eigenvalue weighted by Gasteiger charge is -2.06. The molecule has 1 amide bonds. The van der Waals surface area contributed by atoms with Gasteiger partial charge in [0, 0.05) is 12.4 Å². The highest BCUT2D eigenvalue weighted by Gasteiger charge is 2.16. The van der Waals surface area contributed by atoms with Gasteiger partial charge < -0.3 is 14.4 Å². The van der Waals surface area contributed by atoms with E-state index in [9.17, 15) is 9.90 Å². The molecule has 0 saturated heterocycles. The second-order valence-electron chi connectivity index (χ2n) is 6.02. The lowest BCUT2D eigenvalue weighted by atomic mass is 10.1. The molecule has 1 heterocycles. The molecule has 0 unspecified atom stereocenters. The van der Waals surface area contributed by atoms with Crippen molar-refractivity contribution < 1.29 is 14.6 Å². The number of aromatic hydroxyl groups is 1. The number of rotatable bonds is 4. The molecule has 1 aromatic heterocycles. The Kier molecular flexibility index (Phi) is 5.08. The molecule has 0 aliphatic carbocycles. The summed E-state index contributed by atoms with van der Waals surface area (Å²) in [7, 11) is 1.74. The molecule has 0 atom stereocenters. The maximum atomic E-state index is 12.0. The normalized spacial score (nSPS) is 11.4. The first kappa shape index (κ1) is 18.1. The van der Waals surface area contributed by atoms with Crippen LogP contribution in [0.25, 0.3) is 10.9 Å². The van der Waals surface area contributed by atoms with Crippen LogP contribution in [0.1, 0.15) is 11.1 Å². The van der Waals surface area contributed by atoms with Crippen molar-refractivity contribution in [3.05, 3.63) is 52.0 Å². The zero-order valence-corrected chi connectivity index (χ0v) is 16.2. The van der Waals surface area contributed by atoms with Gasteiger partial charge in [-0.05, 0) is 53.0 Å². The van der Waals surface area contributed by atoms with Gasteiger partial charge in [0.05, 0.1) is 9.99 Å². The van der Waals surface area contributed by atoms with Crippen molar-refractivity contribution in [3.63, 3.8) is 0 Å². The summed E-state index contributed by atoms with van der Waals surface area (Å²) in [5, 5.41) is 18.7. The first-order chi connectivity index (χ1) is 12.4. The highest BCUT2D eigenvalue weighted by Crippen LogP contribution is 2.39. The molecule has 0 fully saturated rings. The third-order valence-corrected chi connectivity index (χ3v) is 4.68. The van der Waals surface area contributed by atoms with Crippen LogP contribution in [0.5, 0.6) is 11.6 Å². The van der Waals surface area contributed by atoms with Crippen LogP contribution in [0.2, 0.25) is 0 Å². The minimum atomic E-state index is -0.540. The number of aromatic nitrogens is 1. The molecule has 0 aliphatic heterocycles. The number of azo groups is 1. The highest BCUT2D eigenvalue weighted by atomic mass is 79.9. The lowest BCUT2D eigenvalue weighted by Crippen LogP contribution is -2.08. The predicted molar refractivity (Wildman–Crippen MR) is 103 cm³/mol. The van der Waals surface area contributed by atoms with Crippen LogP contribution in [-0.2, 0) is 11.8 Å². The van der Waals surface area contributed by atoms with Gasteiger partial charge in [-0.15, -0.1) is 10.2 Å². The standard InChI is InChI=1S/C19H18BrN3O3/c1-11-7-8-15(14(20)9-11)26-10-16(24)21-22-17-13-6-4-5-12(2)18(13)23(3)19(17)25/h4-9,25H,10H2,1-3H3. The lowest BCUT2D eigenvalue weighted by molar-refractivity contribution is -0.120. The van der Waals surface area contributed by atoms with E-state index in [1.54, 1.807) is 17.7 Å². The highest BCUT2D eigenvalue weighted by molar-refractivity contribution is 9.10. The third kappa shape index (κ3) is 3.48. The number of hydrogen-bond acceptors (Lipinski definition) is 4. The first-order valence-corrected chi connectivity index (χ1v) is 8.78. The molecule has 3 rings (SSSR count). The third-order valence-electron chi connectivity index (χ3n) is 4.06. The number of halogens is 1. The Balaban J connectivity index is 1.78. The predicted octanol–water partition coefficient (Wildman–Crippen LogP) is 4.95. The van der Waals surface area contributed by atoms with Gasteiger partial charge in [0.25, 0.3) is 0 Å². The number of benzene rings is 2. The van der Waals surface area contributed by atoms with Gasteiger partial charge >= 0.3 is 5.91 Å². The minimum absolute atomic E-state index is 0.0342. The number of fused-ring (bicyclic) bond motifs is 1. The summed E-state index contributed by atoms with van der Waals surface area (Å²) in [4.78, 5) is 12.0. The number of aryl methyl sites for hydroxylation is 3. The second-order valence-corrected chi connectivity index (χ2v) is 6.87. The zero-order chi connectivity index (χ0) is 18.8. The van der Waals surface area contributed by atoms with Crippen LogP contribution in [0.4, 0.5) is 5.69 Å². The molecule has 6 nitrogen and oxygen atoms in total. The molecule has 3 aromatic rings. The quantitative estimate of drug-likeness (QED) is 0.612. The minimum Gasteiger partial charge on any atom is -0.493 e. The van der Waals surface area contributed by atoms with E-state index < -0.39 is 5.91 Å². The van der Waals surface area contributed by atoms with E-state index in [0.29, 0.717) is 5.75 Å². The van der Waals surface area contributed by atoms with Crippen LogP contribution in [0, 0.1) is 13.8 Å². The van der Waals surface area contributed by atoms with Crippen LogP contribution >= 0.6 is 15.9 Å². The van der Waals surface area contributed by atoms with E-state index in [0.717, 1.165) is 26.5 Å². The Morgan fingerprint density at radius 1 is 1.27 bits per heavy atom. The van der Waals surface area contributed by atoms with Gasteiger partial charge in [0.1, 0.15) is 5.75 Å². The molecule has 7 heteroatoms. The van der Waals surface area contributed by atoms with Crippen molar-refractivity contribution in [2.75, 3.05) is 6.61 Å². The summed E-state index contributed by atoms with van der Waals surface area (Å²) >= 11 is 3.39. The number of hydrogen-bond donors (Lipinski definition) is 1. The van der Waals surface area contributed by atoms with Crippen molar-refractivity contribution in [1.29, 1.82) is 0 Å². The van der Waals surface area contributed by atoms with E-state index in [-0.39, 0.29) is 18.2 Å². The number of amides is 1. The number of carbonyl (C=O) groups is 1. The van der Waals surface area contributed by atoms with E-state index in [4.69, 9.17) is 4.74 Å². The van der Waals surface area contributed by atoms with Gasteiger partial charge in [0.2, 0.25) is 5.88 Å². The fourth-order valence-electron chi connectivity index (χ4n) is 2.78. The average Bonchev–Trinajstić information content (AvgIpc) is 2.84. The molecular weight excluding hydrogens is 398 g/mol. The van der Waals surface area contributed by atoms with Crippen LogP contribution in [0.3, 0.4) is 0 Å². The number of nitrogens with zero attached hydrogens (tertiary/aromatic N) is 3. The Morgan fingerprint density at radius 3 is 2.77 bits per heavy atom. The van der Waals surface area contributed by atoms with E-state index in [1.165, 1.54) is 0 Å². The van der Waals surface area contributed by atoms with Crippen molar-refractivity contribution in [1.82, 2.24) is 4.57 Å².